The van der Waals surface area contributed by atoms with Gasteiger partial charge < -0.3 is 22.1 Å². The molecule has 0 aromatic heterocycles. The van der Waals surface area contributed by atoms with Crippen LogP contribution in [0.15, 0.2) is 48.5 Å². The summed E-state index contributed by atoms with van der Waals surface area (Å²) in [6.45, 7) is 1.70. The van der Waals surface area contributed by atoms with Crippen LogP contribution in [0.4, 0.5) is 26.7 Å². The predicted molar refractivity (Wildman–Crippen MR) is 90.7 cm³/mol. The van der Waals surface area contributed by atoms with E-state index < -0.39 is 17.0 Å². The molecule has 0 aliphatic carbocycles. The molecule has 0 atom stereocenters. The molecule has 24 heavy (non-hydrogen) atoms. The first-order valence-corrected chi connectivity index (χ1v) is 6.72. The van der Waals surface area contributed by atoms with E-state index in [1.165, 1.54) is 18.2 Å². The Balaban J connectivity index is 0.000000648. The fraction of sp³-hybridized carbons (Fsp3) is 0.0667. The van der Waals surface area contributed by atoms with Crippen LogP contribution in [0.1, 0.15) is 5.56 Å². The number of nitro groups is 1. The van der Waals surface area contributed by atoms with Gasteiger partial charge in [-0.2, -0.15) is 0 Å². The van der Waals surface area contributed by atoms with Crippen LogP contribution in [0.3, 0.4) is 0 Å². The van der Waals surface area contributed by atoms with Gasteiger partial charge in [-0.25, -0.2) is 9.59 Å². The topological polar surface area (TPSA) is 153 Å². The van der Waals surface area contributed by atoms with Crippen LogP contribution in [-0.4, -0.2) is 17.0 Å². The van der Waals surface area contributed by atoms with Gasteiger partial charge in [-0.15, -0.1) is 0 Å². The number of non-ortho nitro benzene ring substituents is 1. The lowest BCUT2D eigenvalue weighted by molar-refractivity contribution is -0.384. The number of hydrogen-bond donors (Lipinski definition) is 4. The van der Waals surface area contributed by atoms with E-state index in [4.69, 9.17) is 4.79 Å². The van der Waals surface area contributed by atoms with Gasteiger partial charge >= 0.3 is 12.1 Å². The highest BCUT2D eigenvalue weighted by molar-refractivity contribution is 6.00. The highest BCUT2D eigenvalue weighted by atomic mass is 16.6. The van der Waals surface area contributed by atoms with Crippen LogP contribution >= 0.6 is 0 Å². The van der Waals surface area contributed by atoms with Crippen molar-refractivity contribution in [3.05, 3.63) is 64.2 Å². The fourth-order valence-corrected chi connectivity index (χ4v) is 1.71. The van der Waals surface area contributed by atoms with E-state index >= 15 is 0 Å². The second-order valence-corrected chi connectivity index (χ2v) is 4.60. The summed E-state index contributed by atoms with van der Waals surface area (Å²) < 4.78 is 0. The van der Waals surface area contributed by atoms with Gasteiger partial charge in [-0.05, 0) is 30.7 Å². The Morgan fingerprint density at radius 1 is 1.04 bits per heavy atom. The predicted octanol–water partition coefficient (Wildman–Crippen LogP) is 2.57. The fourth-order valence-electron chi connectivity index (χ4n) is 1.71. The Hall–Kier alpha value is -3.62. The van der Waals surface area contributed by atoms with Crippen LogP contribution in [0.5, 0.6) is 0 Å². The van der Waals surface area contributed by atoms with E-state index in [9.17, 15) is 14.9 Å². The Morgan fingerprint density at radius 2 is 1.62 bits per heavy atom. The van der Waals surface area contributed by atoms with Crippen molar-refractivity contribution in [1.82, 2.24) is 0 Å². The Labute approximate surface area is 137 Å². The third-order valence-electron chi connectivity index (χ3n) is 2.70. The molecular weight excluding hydrogens is 314 g/mol. The summed E-state index contributed by atoms with van der Waals surface area (Å²) in [5.74, 6) is 0. The molecule has 0 fully saturated rings. The summed E-state index contributed by atoms with van der Waals surface area (Å²) in [5, 5.41) is 16.0. The highest BCUT2D eigenvalue weighted by Crippen LogP contribution is 2.21. The number of nitrogens with one attached hydrogen (secondary N) is 2. The number of nitrogens with zero attached hydrogens (tertiary/aromatic N) is 1. The van der Waals surface area contributed by atoms with Crippen molar-refractivity contribution in [2.24, 2.45) is 11.5 Å². The summed E-state index contributed by atoms with van der Waals surface area (Å²) in [4.78, 5) is 31.0. The minimum Gasteiger partial charge on any atom is -0.352 e. The molecule has 0 spiro atoms. The van der Waals surface area contributed by atoms with Gasteiger partial charge in [0.15, 0.2) is 0 Å². The maximum atomic E-state index is 11.8. The van der Waals surface area contributed by atoms with E-state index in [1.54, 1.807) is 19.1 Å². The highest BCUT2D eigenvalue weighted by Gasteiger charge is 2.10. The Bertz CT molecular complexity index is 730. The molecule has 0 heterocycles. The summed E-state index contributed by atoms with van der Waals surface area (Å²) in [5.41, 5.74) is 10.3. The smallest absolute Gasteiger partial charge is 0.323 e. The van der Waals surface area contributed by atoms with Crippen molar-refractivity contribution < 1.29 is 14.5 Å². The number of para-hydroxylation sites is 1. The number of nitro benzene ring substituents is 1. The number of anilines is 2. The lowest BCUT2D eigenvalue weighted by Crippen LogP contribution is -2.19. The molecule has 0 bridgehead atoms. The lowest BCUT2D eigenvalue weighted by atomic mass is 10.2. The third kappa shape index (κ3) is 6.43. The van der Waals surface area contributed by atoms with E-state index in [2.05, 4.69) is 22.1 Å². The van der Waals surface area contributed by atoms with E-state index in [-0.39, 0.29) is 5.69 Å². The van der Waals surface area contributed by atoms with E-state index in [1.807, 2.05) is 18.2 Å². The van der Waals surface area contributed by atoms with Crippen molar-refractivity contribution in [3.8, 4) is 0 Å². The van der Waals surface area contributed by atoms with Gasteiger partial charge in [0, 0.05) is 23.5 Å². The molecule has 2 aromatic rings. The number of primary amides is 2. The number of aryl methyl sites for hydroxylation is 1. The molecule has 2 rings (SSSR count). The summed E-state index contributed by atoms with van der Waals surface area (Å²) in [7, 11) is 0. The third-order valence-corrected chi connectivity index (χ3v) is 2.70. The normalized spacial score (nSPS) is 9.21. The van der Waals surface area contributed by atoms with Gasteiger partial charge in [0.2, 0.25) is 0 Å². The number of amides is 4. The molecule has 0 unspecified atom stereocenters. The molecule has 9 heteroatoms. The van der Waals surface area contributed by atoms with Crippen LogP contribution < -0.4 is 22.1 Å². The lowest BCUT2D eigenvalue weighted by Gasteiger charge is -2.09. The molecule has 2 aromatic carbocycles. The second kappa shape index (κ2) is 8.73. The molecule has 0 aliphatic heterocycles. The van der Waals surface area contributed by atoms with Crippen molar-refractivity contribution in [3.63, 3.8) is 0 Å². The molecule has 126 valence electrons. The molecule has 6 N–H and O–H groups in total. The van der Waals surface area contributed by atoms with Crippen molar-refractivity contribution in [1.29, 1.82) is 0 Å². The molecular formula is C15H17N5O4. The average molecular weight is 331 g/mol. The number of rotatable bonds is 3. The van der Waals surface area contributed by atoms with Gasteiger partial charge in [0.1, 0.15) is 0 Å². The number of urea groups is 2. The van der Waals surface area contributed by atoms with E-state index in [0.29, 0.717) is 16.9 Å². The maximum Gasteiger partial charge on any atom is 0.323 e. The number of hydrogen-bond acceptors (Lipinski definition) is 4. The number of carbonyl (C=O) groups excluding carboxylic acids is 2. The first-order valence-electron chi connectivity index (χ1n) is 6.72. The van der Waals surface area contributed by atoms with Crippen molar-refractivity contribution >= 4 is 29.1 Å². The first kappa shape index (κ1) is 18.4. The zero-order valence-corrected chi connectivity index (χ0v) is 12.9. The number of benzene rings is 2. The van der Waals surface area contributed by atoms with Gasteiger partial charge in [-0.3, -0.25) is 10.1 Å². The molecule has 0 aliphatic rings. The molecule has 0 saturated heterocycles. The maximum absolute atomic E-state index is 11.8. The zero-order chi connectivity index (χ0) is 18.1. The molecule has 9 nitrogen and oxygen atoms in total. The number of carbonyl (C=O) groups is 2. The van der Waals surface area contributed by atoms with E-state index in [0.717, 1.165) is 0 Å². The Morgan fingerprint density at radius 3 is 2.12 bits per heavy atom. The summed E-state index contributed by atoms with van der Waals surface area (Å²) in [6, 6.07) is 12.1. The largest absolute Gasteiger partial charge is 0.352 e. The number of nitrogens with two attached hydrogens (primary N) is 2. The van der Waals surface area contributed by atoms with Gasteiger partial charge in [0.25, 0.3) is 5.69 Å². The monoisotopic (exact) mass is 331 g/mol. The summed E-state index contributed by atoms with van der Waals surface area (Å²) in [6.07, 6.45) is 0. The molecule has 0 radical (unpaired) electrons. The standard InChI is InChI=1S/C14H13N3O3.CH4N2O/c1-10-9-12(17(19)20)7-8-13(10)16-14(18)15-11-5-3-2-4-6-11;2-1(3)4/h2-9H,1H3,(H2,15,16,18);(H4,2,3,4). The van der Waals surface area contributed by atoms with Crippen LogP contribution in [0, 0.1) is 17.0 Å². The molecule has 0 saturated carbocycles. The van der Waals surface area contributed by atoms with Crippen molar-refractivity contribution in [2.45, 2.75) is 6.92 Å². The Kier molecular flexibility index (Phi) is 6.71. The molecule has 4 amide bonds. The minimum absolute atomic E-state index is 0.00322. The first-order chi connectivity index (χ1) is 11.3. The second-order valence-electron chi connectivity index (χ2n) is 4.60. The summed E-state index contributed by atoms with van der Waals surface area (Å²) >= 11 is 0. The average Bonchev–Trinajstić information content (AvgIpc) is 2.49. The zero-order valence-electron chi connectivity index (χ0n) is 12.9. The van der Waals surface area contributed by atoms with Crippen LogP contribution in [0.25, 0.3) is 0 Å². The quantitative estimate of drug-likeness (QED) is 0.504. The van der Waals surface area contributed by atoms with Crippen molar-refractivity contribution in [2.75, 3.05) is 10.6 Å². The minimum atomic E-state index is -0.833. The van der Waals surface area contributed by atoms with Gasteiger partial charge in [-0.1, -0.05) is 18.2 Å². The van der Waals surface area contributed by atoms with Crippen LogP contribution in [-0.2, 0) is 0 Å². The van der Waals surface area contributed by atoms with Gasteiger partial charge in [0.05, 0.1) is 4.92 Å². The van der Waals surface area contributed by atoms with Crippen LogP contribution in [0.2, 0.25) is 0 Å². The SMILES string of the molecule is Cc1cc([N+](=O)[O-])ccc1NC(=O)Nc1ccccc1.NC(N)=O.